The molecule has 0 aliphatic rings. The van der Waals surface area contributed by atoms with Gasteiger partial charge in [0.15, 0.2) is 0 Å². The average molecular weight is 401 g/mol. The van der Waals surface area contributed by atoms with Gasteiger partial charge in [0.25, 0.3) is 0 Å². The molecule has 0 N–H and O–H groups in total. The van der Waals surface area contributed by atoms with Crippen molar-refractivity contribution in [2.45, 2.75) is 0 Å². The minimum atomic E-state index is -1.76. The molecule has 0 bridgehead atoms. The molecule has 0 spiro atoms. The van der Waals surface area contributed by atoms with Crippen LogP contribution >= 0.6 is 58.0 Å². The van der Waals surface area contributed by atoms with E-state index in [9.17, 15) is 0 Å². The number of benzene rings is 1. The van der Waals surface area contributed by atoms with Crippen LogP contribution in [0.2, 0.25) is 0 Å². The van der Waals surface area contributed by atoms with Crippen LogP contribution in [0.15, 0.2) is 24.3 Å². The number of halogens is 4. The summed E-state index contributed by atoms with van der Waals surface area (Å²) in [6.45, 7) is 0. The molecule has 0 saturated heterocycles. The molecule has 0 amide bonds. The molecule has 56 valence electrons. The fraction of sp³-hybridized carbons (Fsp3) is 0. The summed E-state index contributed by atoms with van der Waals surface area (Å²) >= 11 is 0.489. The maximum atomic E-state index is 5.78. The molecule has 0 nitrogen and oxygen atoms in total. The second kappa shape index (κ2) is 4.33. The van der Waals surface area contributed by atoms with E-state index in [0.717, 1.165) is 3.57 Å². The summed E-state index contributed by atoms with van der Waals surface area (Å²) in [5.74, 6) is 0. The molecule has 0 unspecified atom stereocenters. The van der Waals surface area contributed by atoms with Crippen molar-refractivity contribution in [2.24, 2.45) is 0 Å². The second-order valence-electron chi connectivity index (χ2n) is 1.63. The van der Waals surface area contributed by atoms with E-state index in [4.69, 9.17) is 17.8 Å². The Morgan fingerprint density at radius 1 is 1.10 bits per heavy atom. The zero-order valence-corrected chi connectivity index (χ0v) is 10.6. The Hall–Kier alpha value is 1.26. The molecule has 0 aliphatic heterocycles. The van der Waals surface area contributed by atoms with Crippen molar-refractivity contribution in [1.29, 1.82) is 0 Å². The van der Waals surface area contributed by atoms with Crippen molar-refractivity contribution in [3.05, 3.63) is 31.4 Å². The summed E-state index contributed by atoms with van der Waals surface area (Å²) in [7, 11) is 11.6. The molecule has 4 heteroatoms. The Balaban J connectivity index is 2.89. The summed E-state index contributed by atoms with van der Waals surface area (Å²) < 4.78 is 2.32. The van der Waals surface area contributed by atoms with Crippen molar-refractivity contribution >= 4 is 58.0 Å². The van der Waals surface area contributed by atoms with Crippen molar-refractivity contribution in [3.8, 4) is 0 Å². The monoisotopic (exact) mass is 400 g/mol. The van der Waals surface area contributed by atoms with Gasteiger partial charge in [0.1, 0.15) is 0 Å². The standard InChI is InChI=1S/C6H4Cl2I2/c7-10(8)6-3-1-5(9)2-4-6/h1-4H. The van der Waals surface area contributed by atoms with Crippen LogP contribution in [0.4, 0.5) is 0 Å². The molecular weight excluding hydrogens is 397 g/mol. The molecule has 0 aliphatic carbocycles. The van der Waals surface area contributed by atoms with Crippen molar-refractivity contribution in [2.75, 3.05) is 0 Å². The first-order valence-corrected chi connectivity index (χ1v) is 10.1. The van der Waals surface area contributed by atoms with E-state index < -0.39 is 17.6 Å². The van der Waals surface area contributed by atoms with Crippen LogP contribution in [-0.4, -0.2) is 0 Å². The van der Waals surface area contributed by atoms with E-state index in [2.05, 4.69) is 22.6 Å². The zero-order valence-electron chi connectivity index (χ0n) is 4.82. The zero-order chi connectivity index (χ0) is 7.56. The Morgan fingerprint density at radius 2 is 1.60 bits per heavy atom. The third-order valence-corrected chi connectivity index (χ3v) is 5.56. The second-order valence-corrected chi connectivity index (χ2v) is 10.1. The third kappa shape index (κ3) is 2.71. The van der Waals surface area contributed by atoms with E-state index in [0.29, 0.717) is 0 Å². The summed E-state index contributed by atoms with van der Waals surface area (Å²) in [5, 5.41) is 0. The van der Waals surface area contributed by atoms with Gasteiger partial charge in [-0.05, 0) is 0 Å². The molecule has 0 fully saturated rings. The van der Waals surface area contributed by atoms with Gasteiger partial charge in [0, 0.05) is 0 Å². The first-order chi connectivity index (χ1) is 4.70. The summed E-state index contributed by atoms with van der Waals surface area (Å²) in [5.41, 5.74) is 0. The van der Waals surface area contributed by atoms with E-state index in [1.54, 1.807) is 0 Å². The number of hydrogen-bond acceptors (Lipinski definition) is 0. The van der Waals surface area contributed by atoms with Crippen LogP contribution in [0.5, 0.6) is 0 Å². The molecule has 0 heterocycles. The molecule has 1 aromatic rings. The molecular formula is C6H4Cl2I2. The first kappa shape index (κ1) is 9.35. The predicted molar refractivity (Wildman–Crippen MR) is 63.6 cm³/mol. The van der Waals surface area contributed by atoms with Crippen LogP contribution in [0.1, 0.15) is 0 Å². The summed E-state index contributed by atoms with van der Waals surface area (Å²) in [6, 6.07) is 8.02. The summed E-state index contributed by atoms with van der Waals surface area (Å²) in [4.78, 5) is 0. The number of hydrogen-bond donors (Lipinski definition) is 0. The van der Waals surface area contributed by atoms with Gasteiger partial charge >= 0.3 is 89.4 Å². The van der Waals surface area contributed by atoms with Gasteiger partial charge in [0.2, 0.25) is 0 Å². The van der Waals surface area contributed by atoms with Crippen LogP contribution in [-0.2, 0) is 0 Å². The van der Waals surface area contributed by atoms with Gasteiger partial charge in [-0.15, -0.1) is 0 Å². The first-order valence-electron chi connectivity index (χ1n) is 2.49. The minimum absolute atomic E-state index is 1.10. The quantitative estimate of drug-likeness (QED) is 0.617. The van der Waals surface area contributed by atoms with Gasteiger partial charge in [-0.25, -0.2) is 0 Å². The van der Waals surface area contributed by atoms with Crippen LogP contribution in [0.3, 0.4) is 0 Å². The molecule has 0 aromatic heterocycles. The Bertz CT molecular complexity index is 207. The van der Waals surface area contributed by atoms with Gasteiger partial charge < -0.3 is 0 Å². The van der Waals surface area contributed by atoms with Crippen molar-refractivity contribution < 1.29 is 0 Å². The predicted octanol–water partition coefficient (Wildman–Crippen LogP) is 4.27. The molecule has 10 heavy (non-hydrogen) atoms. The van der Waals surface area contributed by atoms with E-state index in [1.807, 2.05) is 24.3 Å². The fourth-order valence-corrected chi connectivity index (χ4v) is 3.07. The van der Waals surface area contributed by atoms with Crippen molar-refractivity contribution in [3.63, 3.8) is 0 Å². The third-order valence-electron chi connectivity index (χ3n) is 0.969. The SMILES string of the molecule is ClI(Cl)c1ccc(I)cc1. The van der Waals surface area contributed by atoms with E-state index >= 15 is 0 Å². The molecule has 1 rings (SSSR count). The van der Waals surface area contributed by atoms with E-state index in [-0.39, 0.29) is 0 Å². The topological polar surface area (TPSA) is 0 Å². The fourth-order valence-electron chi connectivity index (χ4n) is 0.525. The Labute approximate surface area is 88.2 Å². The summed E-state index contributed by atoms with van der Waals surface area (Å²) in [6.07, 6.45) is 0. The van der Waals surface area contributed by atoms with Gasteiger partial charge in [0.05, 0.1) is 0 Å². The van der Waals surface area contributed by atoms with Crippen LogP contribution in [0.25, 0.3) is 0 Å². The average Bonchev–Trinajstić information content (AvgIpc) is 1.88. The van der Waals surface area contributed by atoms with E-state index in [1.165, 1.54) is 3.57 Å². The van der Waals surface area contributed by atoms with Crippen LogP contribution < -0.4 is 0 Å². The molecule has 0 saturated carbocycles. The number of rotatable bonds is 1. The Kier molecular flexibility index (Phi) is 4.04. The van der Waals surface area contributed by atoms with Crippen LogP contribution in [0, 0.1) is 7.14 Å². The van der Waals surface area contributed by atoms with Crippen molar-refractivity contribution in [1.82, 2.24) is 0 Å². The molecule has 0 radical (unpaired) electrons. The van der Waals surface area contributed by atoms with Gasteiger partial charge in [-0.1, -0.05) is 0 Å². The molecule has 1 aromatic carbocycles. The van der Waals surface area contributed by atoms with Gasteiger partial charge in [-0.2, -0.15) is 0 Å². The molecule has 0 atom stereocenters. The normalized spacial score (nSPS) is 11.3. The Morgan fingerprint density at radius 3 is 2.00 bits per heavy atom. The maximum absolute atomic E-state index is 5.78. The van der Waals surface area contributed by atoms with Gasteiger partial charge in [-0.3, -0.25) is 0 Å².